The summed E-state index contributed by atoms with van der Waals surface area (Å²) < 4.78 is 0. The zero-order chi connectivity index (χ0) is 11.7. The molecule has 2 rings (SSSR count). The van der Waals surface area contributed by atoms with Gasteiger partial charge >= 0.3 is 5.97 Å². The summed E-state index contributed by atoms with van der Waals surface area (Å²) in [4.78, 5) is 34.2. The number of nitrogens with zero attached hydrogens (tertiary/aromatic N) is 1. The fourth-order valence-corrected chi connectivity index (χ4v) is 1.41. The molecular weight excluding hydrogens is 246 g/mol. The third kappa shape index (κ3) is 2.34. The van der Waals surface area contributed by atoms with E-state index in [-0.39, 0.29) is 18.0 Å². The van der Waals surface area contributed by atoms with Crippen LogP contribution >= 0.6 is 12.4 Å². The van der Waals surface area contributed by atoms with E-state index in [0.717, 1.165) is 4.90 Å². The number of imide groups is 1. The first-order valence-electron chi connectivity index (χ1n) is 4.49. The van der Waals surface area contributed by atoms with Crippen LogP contribution in [0, 0.1) is 0 Å². The maximum Gasteiger partial charge on any atom is 0.335 e. The number of halogens is 1. The summed E-state index contributed by atoms with van der Waals surface area (Å²) in [5.41, 5.74) is 0.473. The minimum absolute atomic E-state index is 0. The maximum atomic E-state index is 11.3. The molecule has 0 fully saturated rings. The maximum absolute atomic E-state index is 11.3. The third-order valence-electron chi connectivity index (χ3n) is 2.18. The number of carboxylic acid groups (broad SMARTS) is 1. The first-order valence-corrected chi connectivity index (χ1v) is 4.49. The van der Waals surface area contributed by atoms with Crippen LogP contribution in [0.2, 0.25) is 0 Å². The quantitative estimate of drug-likeness (QED) is 0.805. The highest BCUT2D eigenvalue weighted by Gasteiger charge is 2.24. The van der Waals surface area contributed by atoms with Crippen molar-refractivity contribution in [3.05, 3.63) is 42.0 Å². The fourth-order valence-electron chi connectivity index (χ4n) is 1.41. The van der Waals surface area contributed by atoms with Gasteiger partial charge in [-0.3, -0.25) is 9.59 Å². The standard InChI is InChI=1S/C11H7NO4.ClH/c13-9-5-6-10(14)12(9)8-3-1-7(2-4-8)11(15)16;/h1-6H,(H,15,16);1H. The predicted octanol–water partition coefficient (Wildman–Crippen LogP) is 1.24. The summed E-state index contributed by atoms with van der Waals surface area (Å²) >= 11 is 0. The Morgan fingerprint density at radius 3 is 1.88 bits per heavy atom. The SMILES string of the molecule is Cl.O=C(O)c1ccc(N2C(=O)C=CC2=O)cc1. The number of carbonyl (C=O) groups excluding carboxylic acids is 2. The molecule has 1 aliphatic heterocycles. The highest BCUT2D eigenvalue weighted by Crippen LogP contribution is 2.19. The number of carboxylic acids is 1. The first kappa shape index (κ1) is 12.9. The summed E-state index contributed by atoms with van der Waals surface area (Å²) in [6, 6.07) is 5.53. The molecule has 17 heavy (non-hydrogen) atoms. The smallest absolute Gasteiger partial charge is 0.335 e. The average Bonchev–Trinajstić information content (AvgIpc) is 2.59. The zero-order valence-corrected chi connectivity index (χ0v) is 9.31. The summed E-state index contributed by atoms with van der Waals surface area (Å²) in [5, 5.41) is 8.69. The van der Waals surface area contributed by atoms with Crippen LogP contribution in [0.3, 0.4) is 0 Å². The molecule has 0 saturated heterocycles. The number of benzene rings is 1. The van der Waals surface area contributed by atoms with Crippen LogP contribution in [0.15, 0.2) is 36.4 Å². The van der Waals surface area contributed by atoms with Crippen molar-refractivity contribution >= 4 is 35.9 Å². The number of amides is 2. The Bertz CT molecular complexity index is 489. The van der Waals surface area contributed by atoms with Crippen molar-refractivity contribution < 1.29 is 19.5 Å². The Kier molecular flexibility index (Phi) is 3.65. The molecule has 1 N–H and O–H groups in total. The Hall–Kier alpha value is -2.14. The van der Waals surface area contributed by atoms with E-state index < -0.39 is 17.8 Å². The van der Waals surface area contributed by atoms with Crippen molar-refractivity contribution in [1.82, 2.24) is 0 Å². The summed E-state index contributed by atoms with van der Waals surface area (Å²) in [5.74, 6) is -1.90. The van der Waals surface area contributed by atoms with Gasteiger partial charge in [-0.15, -0.1) is 12.4 Å². The Morgan fingerprint density at radius 2 is 1.47 bits per heavy atom. The Morgan fingerprint density at radius 1 is 1.00 bits per heavy atom. The molecule has 1 heterocycles. The minimum atomic E-state index is -1.05. The zero-order valence-electron chi connectivity index (χ0n) is 8.49. The molecule has 2 amide bonds. The molecule has 6 heteroatoms. The lowest BCUT2D eigenvalue weighted by Crippen LogP contribution is -2.29. The van der Waals surface area contributed by atoms with Crippen LogP contribution in [-0.4, -0.2) is 22.9 Å². The van der Waals surface area contributed by atoms with Gasteiger partial charge in [0.2, 0.25) is 0 Å². The second-order valence-corrected chi connectivity index (χ2v) is 3.20. The molecule has 0 radical (unpaired) electrons. The van der Waals surface area contributed by atoms with E-state index in [9.17, 15) is 14.4 Å². The summed E-state index contributed by atoms with van der Waals surface area (Å²) in [6.07, 6.45) is 2.35. The third-order valence-corrected chi connectivity index (χ3v) is 2.18. The topological polar surface area (TPSA) is 74.7 Å². The number of hydrogen-bond donors (Lipinski definition) is 1. The van der Waals surface area contributed by atoms with Crippen LogP contribution < -0.4 is 4.90 Å². The molecule has 0 atom stereocenters. The van der Waals surface area contributed by atoms with E-state index in [1.807, 2.05) is 0 Å². The number of aromatic carboxylic acids is 1. The van der Waals surface area contributed by atoms with Crippen molar-refractivity contribution in [3.63, 3.8) is 0 Å². The molecule has 0 bridgehead atoms. The van der Waals surface area contributed by atoms with E-state index in [1.54, 1.807) is 0 Å². The minimum Gasteiger partial charge on any atom is -0.478 e. The van der Waals surface area contributed by atoms with E-state index in [0.29, 0.717) is 5.69 Å². The molecule has 0 aromatic heterocycles. The van der Waals surface area contributed by atoms with Crippen LogP contribution in [0.25, 0.3) is 0 Å². The van der Waals surface area contributed by atoms with Crippen molar-refractivity contribution in [2.45, 2.75) is 0 Å². The normalized spacial score (nSPS) is 13.8. The van der Waals surface area contributed by atoms with E-state index in [2.05, 4.69) is 0 Å². The van der Waals surface area contributed by atoms with Gasteiger partial charge in [-0.1, -0.05) is 0 Å². The van der Waals surface area contributed by atoms with Gasteiger partial charge in [-0.2, -0.15) is 0 Å². The van der Waals surface area contributed by atoms with Crippen molar-refractivity contribution in [2.75, 3.05) is 4.90 Å². The Balaban J connectivity index is 0.00000144. The molecule has 1 aromatic rings. The lowest BCUT2D eigenvalue weighted by Gasteiger charge is -2.13. The molecule has 0 spiro atoms. The largest absolute Gasteiger partial charge is 0.478 e. The van der Waals surface area contributed by atoms with Gasteiger partial charge < -0.3 is 5.11 Å². The highest BCUT2D eigenvalue weighted by molar-refractivity contribution is 6.28. The number of rotatable bonds is 2. The molecule has 0 aliphatic carbocycles. The van der Waals surface area contributed by atoms with Gasteiger partial charge in [0.1, 0.15) is 0 Å². The molecule has 5 nitrogen and oxygen atoms in total. The molecule has 1 aromatic carbocycles. The van der Waals surface area contributed by atoms with Crippen LogP contribution in [0.5, 0.6) is 0 Å². The van der Waals surface area contributed by atoms with Crippen molar-refractivity contribution in [1.29, 1.82) is 0 Å². The molecule has 0 unspecified atom stereocenters. The number of hydrogen-bond acceptors (Lipinski definition) is 3. The number of carbonyl (C=O) groups is 3. The van der Waals surface area contributed by atoms with Crippen molar-refractivity contribution in [2.24, 2.45) is 0 Å². The van der Waals surface area contributed by atoms with Gasteiger partial charge in [-0.05, 0) is 24.3 Å². The molecule has 1 aliphatic rings. The van der Waals surface area contributed by atoms with Crippen LogP contribution in [0.1, 0.15) is 10.4 Å². The lowest BCUT2D eigenvalue weighted by molar-refractivity contribution is -0.119. The van der Waals surface area contributed by atoms with E-state index in [1.165, 1.54) is 36.4 Å². The molecular formula is C11H8ClNO4. The van der Waals surface area contributed by atoms with Gasteiger partial charge in [0.05, 0.1) is 11.3 Å². The first-order chi connectivity index (χ1) is 7.59. The van der Waals surface area contributed by atoms with Crippen LogP contribution in [0.4, 0.5) is 5.69 Å². The van der Waals surface area contributed by atoms with Crippen molar-refractivity contribution in [3.8, 4) is 0 Å². The van der Waals surface area contributed by atoms with Gasteiger partial charge in [0.15, 0.2) is 0 Å². The van der Waals surface area contributed by atoms with Gasteiger partial charge in [0.25, 0.3) is 11.8 Å². The lowest BCUT2D eigenvalue weighted by atomic mass is 10.2. The number of anilines is 1. The highest BCUT2D eigenvalue weighted by atomic mass is 35.5. The predicted molar refractivity (Wildman–Crippen MR) is 62.3 cm³/mol. The Labute approximate surface area is 103 Å². The molecule has 0 saturated carbocycles. The fraction of sp³-hybridized carbons (Fsp3) is 0. The second kappa shape index (κ2) is 4.80. The van der Waals surface area contributed by atoms with Gasteiger partial charge in [-0.25, -0.2) is 9.69 Å². The summed E-state index contributed by atoms with van der Waals surface area (Å²) in [6.45, 7) is 0. The second-order valence-electron chi connectivity index (χ2n) is 3.20. The van der Waals surface area contributed by atoms with E-state index in [4.69, 9.17) is 5.11 Å². The van der Waals surface area contributed by atoms with Crippen LogP contribution in [-0.2, 0) is 9.59 Å². The van der Waals surface area contributed by atoms with E-state index >= 15 is 0 Å². The average molecular weight is 254 g/mol. The summed E-state index contributed by atoms with van der Waals surface area (Å²) in [7, 11) is 0. The molecule has 88 valence electrons. The van der Waals surface area contributed by atoms with Gasteiger partial charge in [0, 0.05) is 12.2 Å². The monoisotopic (exact) mass is 253 g/mol.